The smallest absolute Gasteiger partial charge is 0.216 e. The van der Waals surface area contributed by atoms with Crippen molar-refractivity contribution < 1.29 is 19.4 Å². The molecule has 2 rings (SSSR count). The van der Waals surface area contributed by atoms with Crippen molar-refractivity contribution in [3.8, 4) is 0 Å². The molecule has 2 saturated heterocycles. The van der Waals surface area contributed by atoms with E-state index in [4.69, 9.17) is 9.47 Å². The summed E-state index contributed by atoms with van der Waals surface area (Å²) in [7, 11) is 0. The van der Waals surface area contributed by atoms with Gasteiger partial charge in [0.15, 0.2) is 0 Å². The van der Waals surface area contributed by atoms with Gasteiger partial charge >= 0.3 is 0 Å². The van der Waals surface area contributed by atoms with Crippen molar-refractivity contribution >= 4 is 6.29 Å². The van der Waals surface area contributed by atoms with Crippen LogP contribution in [0.3, 0.4) is 0 Å². The SMILES string of the molecule is CC(C)(C)O[C@@H](O)N1CCC2(CC1)CC(C=O)O2. The van der Waals surface area contributed by atoms with Gasteiger partial charge in [-0.3, -0.25) is 4.90 Å². The van der Waals surface area contributed by atoms with Crippen LogP contribution < -0.4 is 0 Å². The lowest BCUT2D eigenvalue weighted by Gasteiger charge is -2.51. The summed E-state index contributed by atoms with van der Waals surface area (Å²) >= 11 is 0. The van der Waals surface area contributed by atoms with Gasteiger partial charge in [0.2, 0.25) is 6.41 Å². The minimum atomic E-state index is -0.857. The van der Waals surface area contributed by atoms with Gasteiger partial charge in [-0.2, -0.15) is 0 Å². The van der Waals surface area contributed by atoms with Gasteiger partial charge in [-0.05, 0) is 33.6 Å². The molecule has 5 nitrogen and oxygen atoms in total. The Labute approximate surface area is 108 Å². The van der Waals surface area contributed by atoms with Gasteiger partial charge in [-0.15, -0.1) is 0 Å². The fourth-order valence-corrected chi connectivity index (χ4v) is 2.62. The number of ether oxygens (including phenoxy) is 2. The van der Waals surface area contributed by atoms with E-state index in [1.807, 2.05) is 25.7 Å². The van der Waals surface area contributed by atoms with Crippen LogP contribution in [0.15, 0.2) is 0 Å². The van der Waals surface area contributed by atoms with Crippen LogP contribution in [0.4, 0.5) is 0 Å². The second-order valence-electron chi connectivity index (χ2n) is 6.27. The van der Waals surface area contributed by atoms with Gasteiger partial charge in [-0.1, -0.05) is 0 Å². The van der Waals surface area contributed by atoms with E-state index < -0.39 is 6.41 Å². The number of nitrogens with zero attached hydrogens (tertiary/aromatic N) is 1. The number of rotatable bonds is 3. The number of hydrogen-bond donors (Lipinski definition) is 1. The zero-order chi connectivity index (χ0) is 13.4. The molecule has 2 fully saturated rings. The highest BCUT2D eigenvalue weighted by atomic mass is 16.6. The van der Waals surface area contributed by atoms with E-state index in [9.17, 15) is 9.90 Å². The number of aldehydes is 1. The molecule has 2 atom stereocenters. The third-order valence-corrected chi connectivity index (χ3v) is 3.61. The molecular weight excluding hydrogens is 234 g/mol. The lowest BCUT2D eigenvalue weighted by molar-refractivity contribution is -0.267. The monoisotopic (exact) mass is 257 g/mol. The first-order chi connectivity index (χ1) is 8.34. The number of likely N-dealkylation sites (tertiary alicyclic amines) is 1. The molecule has 1 spiro atoms. The van der Waals surface area contributed by atoms with Crippen molar-refractivity contribution in [2.45, 2.75) is 63.8 Å². The van der Waals surface area contributed by atoms with Crippen LogP contribution in [0.2, 0.25) is 0 Å². The summed E-state index contributed by atoms with van der Waals surface area (Å²) in [5, 5.41) is 9.98. The summed E-state index contributed by atoms with van der Waals surface area (Å²) in [5.41, 5.74) is -0.479. The van der Waals surface area contributed by atoms with Crippen molar-refractivity contribution in [1.29, 1.82) is 0 Å². The summed E-state index contributed by atoms with van der Waals surface area (Å²) in [5.74, 6) is 0. The first-order valence-electron chi connectivity index (χ1n) is 6.57. The molecular formula is C13H23NO4. The summed E-state index contributed by atoms with van der Waals surface area (Å²) in [4.78, 5) is 12.5. The Bertz CT molecular complexity index is 297. The molecule has 0 amide bonds. The Morgan fingerprint density at radius 2 is 2.00 bits per heavy atom. The summed E-state index contributed by atoms with van der Waals surface area (Å²) < 4.78 is 11.2. The topological polar surface area (TPSA) is 59.0 Å². The van der Waals surface area contributed by atoms with Gasteiger partial charge in [0.1, 0.15) is 12.4 Å². The highest BCUT2D eigenvalue weighted by Crippen LogP contribution is 2.40. The standard InChI is InChI=1S/C13H23NO4/c1-12(2,3)18-11(16)14-6-4-13(5-7-14)8-10(9-15)17-13/h9-11,16H,4-8H2,1-3H3/t10?,11-/m1/s1. The first-order valence-corrected chi connectivity index (χ1v) is 6.57. The van der Waals surface area contributed by atoms with E-state index in [1.165, 1.54) is 0 Å². The molecule has 0 aromatic carbocycles. The van der Waals surface area contributed by atoms with Gasteiger partial charge in [0.25, 0.3) is 0 Å². The summed E-state index contributed by atoms with van der Waals surface area (Å²) in [6.45, 7) is 7.24. The molecule has 2 aliphatic rings. The van der Waals surface area contributed by atoms with Crippen LogP contribution >= 0.6 is 0 Å². The third-order valence-electron chi connectivity index (χ3n) is 3.61. The van der Waals surface area contributed by atoms with E-state index in [1.54, 1.807) is 0 Å². The van der Waals surface area contributed by atoms with Crippen LogP contribution in [0, 0.1) is 0 Å². The van der Waals surface area contributed by atoms with Crippen molar-refractivity contribution in [2.24, 2.45) is 0 Å². The quantitative estimate of drug-likeness (QED) is 0.601. The maximum Gasteiger partial charge on any atom is 0.216 e. The highest BCUT2D eigenvalue weighted by molar-refractivity contribution is 5.58. The van der Waals surface area contributed by atoms with Crippen LogP contribution in [-0.4, -0.2) is 53.1 Å². The predicted octanol–water partition coefficient (Wildman–Crippen LogP) is 0.900. The van der Waals surface area contributed by atoms with E-state index in [2.05, 4.69) is 0 Å². The zero-order valence-electron chi connectivity index (χ0n) is 11.4. The number of piperidine rings is 1. The van der Waals surface area contributed by atoms with E-state index in [0.29, 0.717) is 0 Å². The number of carbonyl (C=O) groups excluding carboxylic acids is 1. The molecule has 0 aromatic rings. The average molecular weight is 257 g/mol. The fourth-order valence-electron chi connectivity index (χ4n) is 2.62. The minimum Gasteiger partial charge on any atom is -0.364 e. The number of aliphatic hydroxyl groups excluding tert-OH is 1. The molecule has 0 aromatic heterocycles. The van der Waals surface area contributed by atoms with Gasteiger partial charge in [-0.25, -0.2) is 0 Å². The Morgan fingerprint density at radius 1 is 1.44 bits per heavy atom. The molecule has 0 bridgehead atoms. The molecule has 2 heterocycles. The number of carbonyl (C=O) groups is 1. The predicted molar refractivity (Wildman–Crippen MR) is 65.9 cm³/mol. The second kappa shape index (κ2) is 4.89. The van der Waals surface area contributed by atoms with Gasteiger partial charge in [0.05, 0.1) is 11.2 Å². The Hall–Kier alpha value is -0.490. The van der Waals surface area contributed by atoms with Crippen LogP contribution in [0.5, 0.6) is 0 Å². The maximum absolute atomic E-state index is 10.5. The van der Waals surface area contributed by atoms with Crippen molar-refractivity contribution in [1.82, 2.24) is 4.90 Å². The Morgan fingerprint density at radius 3 is 2.44 bits per heavy atom. The minimum absolute atomic E-state index is 0.121. The van der Waals surface area contributed by atoms with Crippen molar-refractivity contribution in [2.75, 3.05) is 13.1 Å². The molecule has 5 heteroatoms. The van der Waals surface area contributed by atoms with Gasteiger partial charge in [0, 0.05) is 19.5 Å². The Balaban J connectivity index is 1.78. The fraction of sp³-hybridized carbons (Fsp3) is 0.923. The maximum atomic E-state index is 10.5. The van der Waals surface area contributed by atoms with Gasteiger partial charge < -0.3 is 19.4 Å². The molecule has 0 aliphatic carbocycles. The molecule has 104 valence electrons. The van der Waals surface area contributed by atoms with E-state index in [-0.39, 0.29) is 17.3 Å². The van der Waals surface area contributed by atoms with Crippen LogP contribution in [-0.2, 0) is 14.3 Å². The lowest BCUT2D eigenvalue weighted by Crippen LogP contribution is -2.58. The normalized spacial score (nSPS) is 29.9. The van der Waals surface area contributed by atoms with Crippen LogP contribution in [0.1, 0.15) is 40.0 Å². The van der Waals surface area contributed by atoms with Crippen LogP contribution in [0.25, 0.3) is 0 Å². The Kier molecular flexibility index (Phi) is 3.78. The largest absolute Gasteiger partial charge is 0.364 e. The summed E-state index contributed by atoms with van der Waals surface area (Å²) in [6, 6.07) is 0. The molecule has 1 unspecified atom stereocenters. The lowest BCUT2D eigenvalue weighted by atomic mass is 9.81. The number of hydrogen-bond acceptors (Lipinski definition) is 5. The highest BCUT2D eigenvalue weighted by Gasteiger charge is 2.47. The number of aliphatic hydroxyl groups is 1. The van der Waals surface area contributed by atoms with E-state index in [0.717, 1.165) is 38.6 Å². The third kappa shape index (κ3) is 3.09. The first kappa shape index (κ1) is 13.9. The molecule has 18 heavy (non-hydrogen) atoms. The van der Waals surface area contributed by atoms with Crippen molar-refractivity contribution in [3.05, 3.63) is 0 Å². The summed E-state index contributed by atoms with van der Waals surface area (Å²) in [6.07, 6.45) is 2.32. The molecule has 2 aliphatic heterocycles. The van der Waals surface area contributed by atoms with E-state index >= 15 is 0 Å². The molecule has 1 N–H and O–H groups in total. The molecule has 0 radical (unpaired) electrons. The van der Waals surface area contributed by atoms with Crippen molar-refractivity contribution in [3.63, 3.8) is 0 Å². The average Bonchev–Trinajstić information content (AvgIpc) is 2.23. The second-order valence-corrected chi connectivity index (χ2v) is 6.27. The molecule has 0 saturated carbocycles. The zero-order valence-corrected chi connectivity index (χ0v) is 11.4.